The molecule has 0 bridgehead atoms. The second kappa shape index (κ2) is 8.92. The third-order valence-corrected chi connectivity index (χ3v) is 7.33. The summed E-state index contributed by atoms with van der Waals surface area (Å²) in [6.45, 7) is 5.62. The first-order chi connectivity index (χ1) is 16.9. The molecule has 3 heterocycles. The monoisotopic (exact) mass is 481 g/mol. The molecule has 0 spiro atoms. The van der Waals surface area contributed by atoms with Gasteiger partial charge in [0.25, 0.3) is 5.91 Å². The van der Waals surface area contributed by atoms with Gasteiger partial charge in [-0.25, -0.2) is 4.98 Å². The third-order valence-electron chi connectivity index (χ3n) is 6.12. The molecule has 0 saturated carbocycles. The number of rotatable bonds is 5. The molecule has 2 aromatic heterocycles. The number of ketones is 1. The number of thiazole rings is 1. The zero-order valence-corrected chi connectivity index (χ0v) is 20.3. The number of carbonyl (C=O) groups excluding carboxylic acids is 2. The maximum absolute atomic E-state index is 13.9. The van der Waals surface area contributed by atoms with Gasteiger partial charge in [-0.3, -0.25) is 19.5 Å². The first-order valence-corrected chi connectivity index (χ1v) is 12.0. The Labute approximate surface area is 207 Å². The van der Waals surface area contributed by atoms with Crippen molar-refractivity contribution < 1.29 is 14.7 Å². The number of benzene rings is 2. The average molecular weight is 482 g/mol. The molecule has 0 fully saturated rings. The van der Waals surface area contributed by atoms with Crippen LogP contribution >= 0.6 is 11.3 Å². The highest BCUT2D eigenvalue weighted by Gasteiger charge is 2.45. The second-order valence-electron chi connectivity index (χ2n) is 8.54. The molecule has 5 rings (SSSR count). The maximum Gasteiger partial charge on any atom is 0.294 e. The summed E-state index contributed by atoms with van der Waals surface area (Å²) in [4.78, 5) is 38.0. The highest BCUT2D eigenvalue weighted by Crippen LogP contribution is 2.44. The predicted octanol–water partition coefficient (Wildman–Crippen LogP) is 5.91. The van der Waals surface area contributed by atoms with Crippen LogP contribution in [0.25, 0.3) is 10.6 Å². The van der Waals surface area contributed by atoms with Crippen molar-refractivity contribution in [3.63, 3.8) is 0 Å². The van der Waals surface area contributed by atoms with E-state index in [1.165, 1.54) is 16.2 Å². The van der Waals surface area contributed by atoms with Crippen LogP contribution < -0.4 is 4.90 Å². The quantitative estimate of drug-likeness (QED) is 0.358. The molecule has 0 saturated heterocycles. The molecule has 2 aromatic carbocycles. The van der Waals surface area contributed by atoms with E-state index in [2.05, 4.69) is 9.97 Å². The van der Waals surface area contributed by atoms with Gasteiger partial charge in [0.05, 0.1) is 22.2 Å². The highest BCUT2D eigenvalue weighted by molar-refractivity contribution is 7.17. The number of aromatic nitrogens is 2. The number of pyridine rings is 1. The van der Waals surface area contributed by atoms with Crippen molar-refractivity contribution in [3.05, 3.63) is 112 Å². The van der Waals surface area contributed by atoms with E-state index >= 15 is 0 Å². The summed E-state index contributed by atoms with van der Waals surface area (Å²) < 4.78 is 0. The molecule has 0 aliphatic carbocycles. The summed E-state index contributed by atoms with van der Waals surface area (Å²) in [5, 5.41) is 11.8. The lowest BCUT2D eigenvalue weighted by Gasteiger charge is -2.28. The van der Waals surface area contributed by atoms with Crippen molar-refractivity contribution in [1.29, 1.82) is 0 Å². The minimum absolute atomic E-state index is 0.0495. The van der Waals surface area contributed by atoms with E-state index in [9.17, 15) is 14.7 Å². The van der Waals surface area contributed by atoms with Crippen molar-refractivity contribution in [1.82, 2.24) is 9.97 Å². The Kier molecular flexibility index (Phi) is 5.78. The smallest absolute Gasteiger partial charge is 0.294 e. The van der Waals surface area contributed by atoms with Crippen molar-refractivity contribution in [2.24, 2.45) is 0 Å². The lowest BCUT2D eigenvalue weighted by molar-refractivity contribution is -0.117. The first kappa shape index (κ1) is 22.7. The molecule has 1 unspecified atom stereocenters. The van der Waals surface area contributed by atoms with Crippen LogP contribution in [0.1, 0.15) is 38.1 Å². The number of hydrogen-bond acceptors (Lipinski definition) is 6. The fourth-order valence-electron chi connectivity index (χ4n) is 4.36. The summed E-state index contributed by atoms with van der Waals surface area (Å²) >= 11 is 1.26. The van der Waals surface area contributed by atoms with Gasteiger partial charge < -0.3 is 5.11 Å². The SMILES string of the molecule is Cc1ccc(C)c(N2C(=O)C(O)=C(C(=O)c3sc(-c4ccccc4)nc3C)C2c2ccncc2)c1. The zero-order valence-electron chi connectivity index (χ0n) is 19.5. The lowest BCUT2D eigenvalue weighted by atomic mass is 9.95. The summed E-state index contributed by atoms with van der Waals surface area (Å²) in [7, 11) is 0. The Morgan fingerprint density at radius 3 is 2.43 bits per heavy atom. The predicted molar refractivity (Wildman–Crippen MR) is 137 cm³/mol. The molecular weight excluding hydrogens is 458 g/mol. The van der Waals surface area contributed by atoms with Gasteiger partial charge in [0.2, 0.25) is 5.78 Å². The second-order valence-corrected chi connectivity index (χ2v) is 9.54. The molecule has 1 N–H and O–H groups in total. The zero-order chi connectivity index (χ0) is 24.7. The van der Waals surface area contributed by atoms with E-state index < -0.39 is 23.5 Å². The number of amides is 1. The number of hydrogen-bond donors (Lipinski definition) is 1. The molecule has 1 aliphatic rings. The van der Waals surface area contributed by atoms with E-state index in [4.69, 9.17) is 0 Å². The van der Waals surface area contributed by atoms with E-state index in [1.807, 2.05) is 62.4 Å². The number of aryl methyl sites for hydroxylation is 3. The third kappa shape index (κ3) is 3.94. The summed E-state index contributed by atoms with van der Waals surface area (Å²) in [5.74, 6) is -1.54. The molecular formula is C28H23N3O3S. The Balaban J connectivity index is 1.65. The van der Waals surface area contributed by atoms with Gasteiger partial charge in [0, 0.05) is 23.6 Å². The van der Waals surface area contributed by atoms with Crippen molar-refractivity contribution >= 4 is 28.7 Å². The highest BCUT2D eigenvalue weighted by atomic mass is 32.1. The molecule has 174 valence electrons. The Hall–Kier alpha value is -4.10. The Morgan fingerprint density at radius 1 is 1.00 bits per heavy atom. The molecule has 35 heavy (non-hydrogen) atoms. The van der Waals surface area contributed by atoms with Gasteiger partial charge in [-0.2, -0.15) is 0 Å². The van der Waals surface area contributed by atoms with Crippen LogP contribution in [0.15, 0.2) is 84.4 Å². The minimum atomic E-state index is -0.792. The summed E-state index contributed by atoms with van der Waals surface area (Å²) in [6.07, 6.45) is 3.23. The van der Waals surface area contributed by atoms with Crippen LogP contribution in [0.5, 0.6) is 0 Å². The first-order valence-electron chi connectivity index (χ1n) is 11.2. The van der Waals surface area contributed by atoms with Gasteiger partial charge in [-0.05, 0) is 55.7 Å². The number of aliphatic hydroxyl groups excluding tert-OH is 1. The van der Waals surface area contributed by atoms with E-state index in [0.717, 1.165) is 16.7 Å². The van der Waals surface area contributed by atoms with Crippen LogP contribution in [0.2, 0.25) is 0 Å². The standard InChI is InChI=1S/C28H23N3O3S/c1-16-9-10-17(2)21(15-16)31-23(19-11-13-29-14-12-19)22(25(33)28(31)34)24(32)26-18(3)30-27(35-26)20-7-5-4-6-8-20/h4-15,23,33H,1-3H3. The minimum Gasteiger partial charge on any atom is -0.503 e. The fourth-order valence-corrected chi connectivity index (χ4v) is 5.39. The van der Waals surface area contributed by atoms with Gasteiger partial charge in [-0.15, -0.1) is 11.3 Å². The number of nitrogens with zero attached hydrogens (tertiary/aromatic N) is 3. The largest absolute Gasteiger partial charge is 0.503 e. The lowest BCUT2D eigenvalue weighted by Crippen LogP contribution is -2.31. The van der Waals surface area contributed by atoms with Crippen LogP contribution in [-0.4, -0.2) is 26.8 Å². The molecule has 1 aliphatic heterocycles. The molecule has 7 heteroatoms. The van der Waals surface area contributed by atoms with Crippen molar-refractivity contribution in [2.75, 3.05) is 4.90 Å². The molecule has 4 aromatic rings. The number of Topliss-reactive ketones (excluding diaryl/α,β-unsaturated/α-hetero) is 1. The molecule has 1 amide bonds. The Bertz CT molecular complexity index is 1480. The Morgan fingerprint density at radius 2 is 1.71 bits per heavy atom. The van der Waals surface area contributed by atoms with E-state index in [1.54, 1.807) is 31.5 Å². The van der Waals surface area contributed by atoms with Gasteiger partial charge in [-0.1, -0.05) is 42.5 Å². The van der Waals surface area contributed by atoms with Crippen molar-refractivity contribution in [2.45, 2.75) is 26.8 Å². The number of aliphatic hydroxyl groups is 1. The van der Waals surface area contributed by atoms with Gasteiger partial charge in [0.1, 0.15) is 5.01 Å². The van der Waals surface area contributed by atoms with E-state index in [-0.39, 0.29) is 5.57 Å². The summed E-state index contributed by atoms with van der Waals surface area (Å²) in [6, 6.07) is 18.1. The van der Waals surface area contributed by atoms with Crippen LogP contribution in [-0.2, 0) is 4.79 Å². The number of carbonyl (C=O) groups is 2. The van der Waals surface area contributed by atoms with Crippen LogP contribution in [0.3, 0.4) is 0 Å². The average Bonchev–Trinajstić information content (AvgIpc) is 3.39. The van der Waals surface area contributed by atoms with Crippen molar-refractivity contribution in [3.8, 4) is 10.6 Å². The van der Waals surface area contributed by atoms with Gasteiger partial charge >= 0.3 is 0 Å². The van der Waals surface area contributed by atoms with Gasteiger partial charge in [0.15, 0.2) is 5.76 Å². The normalized spacial score (nSPS) is 15.7. The maximum atomic E-state index is 13.9. The van der Waals surface area contributed by atoms with Crippen LogP contribution in [0, 0.1) is 20.8 Å². The molecule has 0 radical (unpaired) electrons. The fraction of sp³-hybridized carbons (Fsp3) is 0.143. The van der Waals surface area contributed by atoms with E-state index in [0.29, 0.717) is 26.8 Å². The molecule has 1 atom stereocenters. The molecule has 6 nitrogen and oxygen atoms in total. The summed E-state index contributed by atoms with van der Waals surface area (Å²) in [5.41, 5.74) is 4.69. The van der Waals surface area contributed by atoms with Crippen LogP contribution in [0.4, 0.5) is 5.69 Å². The number of anilines is 1. The topological polar surface area (TPSA) is 83.4 Å².